The summed E-state index contributed by atoms with van der Waals surface area (Å²) in [4.78, 5) is 11.3. The maximum atomic E-state index is 11.3. The number of nitrogen functional groups attached to an aromatic ring is 1. The van der Waals surface area contributed by atoms with Crippen molar-refractivity contribution in [1.29, 1.82) is 0 Å². The number of aromatic nitrogens is 1. The van der Waals surface area contributed by atoms with Crippen molar-refractivity contribution in [3.63, 3.8) is 0 Å². The van der Waals surface area contributed by atoms with Crippen LogP contribution in [0.15, 0.2) is 21.7 Å². The summed E-state index contributed by atoms with van der Waals surface area (Å²) in [5, 5.41) is 0. The second-order valence-electron chi connectivity index (χ2n) is 3.23. The van der Waals surface area contributed by atoms with Crippen LogP contribution in [0.25, 0.3) is 0 Å². The molecule has 1 aromatic rings. The highest BCUT2D eigenvalue weighted by atomic mass is 79.9. The monoisotopic (exact) mass is 290 g/mol. The number of nitrogens with two attached hydrogens (primary N) is 1. The molecule has 0 amide bonds. The maximum Gasteiger partial charge on any atom is 0.218 e. The lowest BCUT2D eigenvalue weighted by Gasteiger charge is -2.08. The Bertz CT molecular complexity index is 366. The van der Waals surface area contributed by atoms with Gasteiger partial charge in [0, 0.05) is 26.0 Å². The molecule has 1 heterocycles. The molecule has 0 aliphatic heterocycles. The molecule has 0 bridgehead atoms. The van der Waals surface area contributed by atoms with Crippen LogP contribution in [-0.4, -0.2) is 31.5 Å². The molecular weight excluding hydrogens is 276 g/mol. The molecule has 6 heteroatoms. The Labute approximate surface area is 102 Å². The molecule has 16 heavy (non-hydrogen) atoms. The summed E-state index contributed by atoms with van der Waals surface area (Å²) in [5.74, 6) is 0. The molecule has 5 nitrogen and oxygen atoms in total. The van der Waals surface area contributed by atoms with Crippen molar-refractivity contribution in [1.82, 2.24) is 4.57 Å². The van der Waals surface area contributed by atoms with E-state index >= 15 is 0 Å². The van der Waals surface area contributed by atoms with E-state index in [4.69, 9.17) is 15.2 Å². The molecule has 0 aliphatic carbocycles. The fourth-order valence-electron chi connectivity index (χ4n) is 1.16. The molecule has 0 aliphatic rings. The van der Waals surface area contributed by atoms with Gasteiger partial charge in [0.05, 0.1) is 30.0 Å². The standard InChI is InChI=1S/C10H15BrN2O3/c1-15-4-5-16-3-2-13-6-8(11)10(14)9(12)7-13/h6-7H,2-5,12H2,1H3. The van der Waals surface area contributed by atoms with Crippen molar-refractivity contribution in [3.8, 4) is 0 Å². The Kier molecular flexibility index (Phi) is 5.51. The molecule has 0 saturated carbocycles. The first kappa shape index (κ1) is 13.2. The van der Waals surface area contributed by atoms with E-state index in [-0.39, 0.29) is 11.1 Å². The zero-order valence-electron chi connectivity index (χ0n) is 9.11. The van der Waals surface area contributed by atoms with Crippen LogP contribution in [-0.2, 0) is 16.0 Å². The van der Waals surface area contributed by atoms with Crippen LogP contribution in [0.1, 0.15) is 0 Å². The molecule has 0 aromatic carbocycles. The van der Waals surface area contributed by atoms with Gasteiger partial charge in [-0.1, -0.05) is 0 Å². The van der Waals surface area contributed by atoms with Crippen LogP contribution in [0.2, 0.25) is 0 Å². The lowest BCUT2D eigenvalue weighted by atomic mass is 10.4. The topological polar surface area (TPSA) is 66.5 Å². The molecule has 1 aromatic heterocycles. The molecular formula is C10H15BrN2O3. The van der Waals surface area contributed by atoms with Crippen LogP contribution < -0.4 is 11.2 Å². The Morgan fingerprint density at radius 3 is 2.75 bits per heavy atom. The van der Waals surface area contributed by atoms with E-state index in [1.165, 1.54) is 0 Å². The van der Waals surface area contributed by atoms with Crippen molar-refractivity contribution >= 4 is 21.6 Å². The predicted molar refractivity (Wildman–Crippen MR) is 65.5 cm³/mol. The predicted octanol–water partition coefficient (Wildman–Crippen LogP) is 0.856. The highest BCUT2D eigenvalue weighted by molar-refractivity contribution is 9.10. The third-order valence-electron chi connectivity index (χ3n) is 1.99. The Hall–Kier alpha value is -0.850. The summed E-state index contributed by atoms with van der Waals surface area (Å²) in [6, 6.07) is 0. The van der Waals surface area contributed by atoms with Gasteiger partial charge < -0.3 is 19.8 Å². The van der Waals surface area contributed by atoms with E-state index in [0.717, 1.165) is 0 Å². The zero-order chi connectivity index (χ0) is 12.0. The highest BCUT2D eigenvalue weighted by Crippen LogP contribution is 2.05. The Morgan fingerprint density at radius 1 is 1.38 bits per heavy atom. The summed E-state index contributed by atoms with van der Waals surface area (Å²) in [5.41, 5.74) is 5.59. The van der Waals surface area contributed by atoms with Crippen molar-refractivity contribution < 1.29 is 9.47 Å². The molecule has 90 valence electrons. The average Bonchev–Trinajstić information content (AvgIpc) is 2.25. The minimum atomic E-state index is -0.184. The molecule has 0 saturated heterocycles. The van der Waals surface area contributed by atoms with Crippen molar-refractivity contribution in [2.24, 2.45) is 0 Å². The van der Waals surface area contributed by atoms with Crippen LogP contribution in [0.5, 0.6) is 0 Å². The fraction of sp³-hybridized carbons (Fsp3) is 0.500. The van der Waals surface area contributed by atoms with Gasteiger partial charge in [0.25, 0.3) is 0 Å². The fourth-order valence-corrected chi connectivity index (χ4v) is 1.65. The number of nitrogens with zero attached hydrogens (tertiary/aromatic N) is 1. The van der Waals surface area contributed by atoms with Crippen LogP contribution in [0.3, 0.4) is 0 Å². The lowest BCUT2D eigenvalue weighted by molar-refractivity contribution is 0.0665. The second kappa shape index (κ2) is 6.67. The number of pyridine rings is 1. The first-order valence-corrected chi connectivity index (χ1v) is 5.66. The minimum Gasteiger partial charge on any atom is -0.394 e. The number of hydrogen-bond donors (Lipinski definition) is 1. The number of methoxy groups -OCH3 is 1. The van der Waals surface area contributed by atoms with Crippen LogP contribution >= 0.6 is 15.9 Å². The third-order valence-corrected chi connectivity index (χ3v) is 2.55. The summed E-state index contributed by atoms with van der Waals surface area (Å²) in [6.45, 7) is 2.34. The summed E-state index contributed by atoms with van der Waals surface area (Å²) in [6.07, 6.45) is 3.30. The third kappa shape index (κ3) is 3.96. The largest absolute Gasteiger partial charge is 0.394 e. The van der Waals surface area contributed by atoms with E-state index < -0.39 is 0 Å². The summed E-state index contributed by atoms with van der Waals surface area (Å²) >= 11 is 3.16. The second-order valence-corrected chi connectivity index (χ2v) is 4.09. The number of hydrogen-bond acceptors (Lipinski definition) is 4. The van der Waals surface area contributed by atoms with Gasteiger partial charge in [-0.2, -0.15) is 0 Å². The Morgan fingerprint density at radius 2 is 2.12 bits per heavy atom. The van der Waals surface area contributed by atoms with Crippen LogP contribution in [0, 0.1) is 0 Å². The van der Waals surface area contributed by atoms with Crippen LogP contribution in [0.4, 0.5) is 5.69 Å². The van der Waals surface area contributed by atoms with Crippen molar-refractivity contribution in [3.05, 3.63) is 27.1 Å². The molecule has 2 N–H and O–H groups in total. The first-order chi connectivity index (χ1) is 7.65. The van der Waals surface area contributed by atoms with E-state index in [1.54, 1.807) is 19.5 Å². The first-order valence-electron chi connectivity index (χ1n) is 4.87. The molecule has 1 rings (SSSR count). The zero-order valence-corrected chi connectivity index (χ0v) is 10.7. The lowest BCUT2D eigenvalue weighted by Crippen LogP contribution is -2.15. The van der Waals surface area contributed by atoms with E-state index in [0.29, 0.717) is 30.8 Å². The molecule has 0 spiro atoms. The van der Waals surface area contributed by atoms with Gasteiger partial charge in [0.2, 0.25) is 5.43 Å². The minimum absolute atomic E-state index is 0.184. The number of ether oxygens (including phenoxy) is 2. The molecule has 0 unspecified atom stereocenters. The average molecular weight is 291 g/mol. The van der Waals surface area contributed by atoms with E-state index in [9.17, 15) is 4.79 Å². The molecule has 0 radical (unpaired) electrons. The van der Waals surface area contributed by atoms with Gasteiger partial charge in [0.1, 0.15) is 0 Å². The Balaban J connectivity index is 2.46. The van der Waals surface area contributed by atoms with E-state index in [1.807, 2.05) is 4.57 Å². The number of halogens is 1. The summed E-state index contributed by atoms with van der Waals surface area (Å²) in [7, 11) is 1.63. The highest BCUT2D eigenvalue weighted by Gasteiger charge is 2.01. The van der Waals surface area contributed by atoms with Gasteiger partial charge in [-0.05, 0) is 15.9 Å². The van der Waals surface area contributed by atoms with Gasteiger partial charge in [-0.3, -0.25) is 4.79 Å². The SMILES string of the molecule is COCCOCCn1cc(N)c(=O)c(Br)c1. The molecule has 0 atom stereocenters. The molecule has 0 fully saturated rings. The van der Waals surface area contributed by atoms with E-state index in [2.05, 4.69) is 15.9 Å². The summed E-state index contributed by atoms with van der Waals surface area (Å²) < 4.78 is 12.4. The van der Waals surface area contributed by atoms with Crippen molar-refractivity contribution in [2.45, 2.75) is 6.54 Å². The quantitative estimate of drug-likeness (QED) is 0.789. The number of rotatable bonds is 6. The smallest absolute Gasteiger partial charge is 0.218 e. The normalized spacial score (nSPS) is 10.6. The van der Waals surface area contributed by atoms with Crippen molar-refractivity contribution in [2.75, 3.05) is 32.7 Å². The van der Waals surface area contributed by atoms with Gasteiger partial charge in [0.15, 0.2) is 0 Å². The van der Waals surface area contributed by atoms with Gasteiger partial charge >= 0.3 is 0 Å². The van der Waals surface area contributed by atoms with Gasteiger partial charge in [-0.25, -0.2) is 0 Å². The maximum absolute atomic E-state index is 11.3. The van der Waals surface area contributed by atoms with Gasteiger partial charge in [-0.15, -0.1) is 0 Å². The number of anilines is 1.